The maximum atomic E-state index is 14.3. The van der Waals surface area contributed by atoms with Gasteiger partial charge in [0.2, 0.25) is 12.5 Å². The lowest BCUT2D eigenvalue weighted by Crippen LogP contribution is -2.56. The highest BCUT2D eigenvalue weighted by Crippen LogP contribution is 2.38. The summed E-state index contributed by atoms with van der Waals surface area (Å²) < 4.78 is 6.62. The van der Waals surface area contributed by atoms with Gasteiger partial charge in [0.1, 0.15) is 18.0 Å². The molecular formula is C29H34BrN5O6. The molecule has 41 heavy (non-hydrogen) atoms. The highest BCUT2D eigenvalue weighted by molar-refractivity contribution is 9.10. The number of likely N-dealkylation sites (N-methyl/N-ethyl adjacent to an activating group) is 1. The zero-order chi connectivity index (χ0) is 29.7. The summed E-state index contributed by atoms with van der Waals surface area (Å²) in [6.45, 7) is 1.52. The Morgan fingerprint density at radius 2 is 1.95 bits per heavy atom. The monoisotopic (exact) mass is 627 g/mol. The van der Waals surface area contributed by atoms with Crippen molar-refractivity contribution in [2.75, 3.05) is 37.0 Å². The van der Waals surface area contributed by atoms with Crippen molar-refractivity contribution in [1.82, 2.24) is 10.6 Å². The smallest absolute Gasteiger partial charge is 0.251 e. The molecule has 3 aromatic carbocycles. The van der Waals surface area contributed by atoms with Crippen LogP contribution in [0.15, 0.2) is 59.1 Å². The van der Waals surface area contributed by atoms with Crippen molar-refractivity contribution < 1.29 is 24.4 Å². The van der Waals surface area contributed by atoms with Crippen molar-refractivity contribution in [2.24, 2.45) is 0 Å². The molecule has 0 bridgehead atoms. The third-order valence-electron chi connectivity index (χ3n) is 7.32. The number of methoxy groups -OCH3 is 1. The van der Waals surface area contributed by atoms with Gasteiger partial charge in [-0.2, -0.15) is 0 Å². The van der Waals surface area contributed by atoms with Crippen molar-refractivity contribution >= 4 is 49.9 Å². The number of rotatable bonds is 11. The second-order valence-electron chi connectivity index (χ2n) is 9.93. The second kappa shape index (κ2) is 13.3. The molecule has 0 spiro atoms. The molecule has 3 aromatic rings. The maximum Gasteiger partial charge on any atom is 0.251 e. The minimum atomic E-state index is -1.12. The predicted octanol–water partition coefficient (Wildman–Crippen LogP) is 3.43. The van der Waals surface area contributed by atoms with Gasteiger partial charge in [0.25, 0.3) is 5.91 Å². The summed E-state index contributed by atoms with van der Waals surface area (Å²) in [6.07, 6.45) is -0.848. The average molecular weight is 629 g/mol. The predicted molar refractivity (Wildman–Crippen MR) is 161 cm³/mol. The van der Waals surface area contributed by atoms with Crippen LogP contribution in [0.1, 0.15) is 25.3 Å². The number of halogens is 1. The maximum absolute atomic E-state index is 14.3. The van der Waals surface area contributed by atoms with Crippen molar-refractivity contribution in [3.05, 3.63) is 74.7 Å². The summed E-state index contributed by atoms with van der Waals surface area (Å²) in [5.74, 6) is -0.118. The minimum absolute atomic E-state index is 0.0201. The van der Waals surface area contributed by atoms with E-state index in [1.165, 1.54) is 0 Å². The summed E-state index contributed by atoms with van der Waals surface area (Å²) in [4.78, 5) is 40.9. The van der Waals surface area contributed by atoms with Gasteiger partial charge < -0.3 is 30.3 Å². The second-order valence-corrected chi connectivity index (χ2v) is 10.8. The standard InChI is InChI=1S/C29H34BrN5O6/c1-18(31-2)28(37)32-23-17-33(27(36)9-6-14-35(39)40)24-7-4-5-8-25(24)34(29(23)38)16-22-21-12-11-20(30)15-19(21)10-13-26(22)41-3/h4-5,7-8,10-13,15,18,23,27,31,36H,6,9,14,16-17H2,1-3H3,(H,32,37). The number of carbonyl (C=O) groups is 2. The number of aliphatic hydroxyl groups excluding tert-OH is 1. The third-order valence-corrected chi connectivity index (χ3v) is 7.81. The number of nitrogens with zero attached hydrogens (tertiary/aromatic N) is 3. The van der Waals surface area contributed by atoms with Gasteiger partial charge in [-0.05, 0) is 61.5 Å². The van der Waals surface area contributed by atoms with E-state index < -0.39 is 23.2 Å². The highest BCUT2D eigenvalue weighted by atomic mass is 79.9. The molecule has 0 fully saturated rings. The first-order valence-corrected chi connectivity index (χ1v) is 14.1. The van der Waals surface area contributed by atoms with Gasteiger partial charge in [0.15, 0.2) is 0 Å². The van der Waals surface area contributed by atoms with Crippen LogP contribution < -0.4 is 25.2 Å². The molecule has 1 aliphatic heterocycles. The van der Waals surface area contributed by atoms with Crippen LogP contribution in [0.3, 0.4) is 0 Å². The number of benzene rings is 3. The Labute approximate surface area is 246 Å². The topological polar surface area (TPSA) is 137 Å². The molecule has 3 unspecified atom stereocenters. The number of nitro groups is 1. The molecule has 4 rings (SSSR count). The van der Waals surface area contributed by atoms with Crippen molar-refractivity contribution in [1.29, 1.82) is 0 Å². The summed E-state index contributed by atoms with van der Waals surface area (Å²) in [7, 11) is 3.23. The Bertz CT molecular complexity index is 1440. The number of fused-ring (bicyclic) bond motifs is 2. The lowest BCUT2D eigenvalue weighted by molar-refractivity contribution is -0.480. The number of ether oxygens (including phenoxy) is 1. The van der Waals surface area contributed by atoms with E-state index in [1.54, 1.807) is 55.1 Å². The Morgan fingerprint density at radius 1 is 1.22 bits per heavy atom. The zero-order valence-electron chi connectivity index (χ0n) is 23.2. The Morgan fingerprint density at radius 3 is 2.63 bits per heavy atom. The number of aliphatic hydroxyl groups is 1. The normalized spacial score (nSPS) is 16.6. The van der Waals surface area contributed by atoms with E-state index in [2.05, 4.69) is 26.6 Å². The van der Waals surface area contributed by atoms with Gasteiger partial charge in [-0.1, -0.05) is 40.2 Å². The molecule has 12 heteroatoms. The van der Waals surface area contributed by atoms with Gasteiger partial charge in [0, 0.05) is 27.9 Å². The molecule has 0 aromatic heterocycles. The van der Waals surface area contributed by atoms with Crippen LogP contribution in [0.5, 0.6) is 5.75 Å². The largest absolute Gasteiger partial charge is 0.496 e. The molecule has 3 N–H and O–H groups in total. The van der Waals surface area contributed by atoms with Gasteiger partial charge in [-0.15, -0.1) is 0 Å². The van der Waals surface area contributed by atoms with Crippen molar-refractivity contribution in [3.8, 4) is 5.75 Å². The first kappa shape index (κ1) is 30.2. The molecule has 1 heterocycles. The zero-order valence-corrected chi connectivity index (χ0v) is 24.8. The molecule has 0 aliphatic carbocycles. The first-order chi connectivity index (χ1) is 19.6. The lowest BCUT2D eigenvalue weighted by Gasteiger charge is -2.31. The van der Waals surface area contributed by atoms with Crippen LogP contribution in [0.25, 0.3) is 10.8 Å². The molecule has 2 amide bonds. The first-order valence-electron chi connectivity index (χ1n) is 13.3. The Balaban J connectivity index is 1.81. The number of nitrogens with one attached hydrogen (secondary N) is 2. The van der Waals surface area contributed by atoms with E-state index in [0.29, 0.717) is 17.1 Å². The fourth-order valence-corrected chi connectivity index (χ4v) is 5.39. The van der Waals surface area contributed by atoms with Crippen LogP contribution in [0, 0.1) is 10.1 Å². The third kappa shape index (κ3) is 6.77. The number of hydrogen-bond donors (Lipinski definition) is 3. The van der Waals surface area contributed by atoms with Crippen LogP contribution in [0.4, 0.5) is 11.4 Å². The highest BCUT2D eigenvalue weighted by Gasteiger charge is 2.37. The van der Waals surface area contributed by atoms with E-state index in [9.17, 15) is 24.8 Å². The summed E-state index contributed by atoms with van der Waals surface area (Å²) in [5, 5.41) is 29.7. The lowest BCUT2D eigenvalue weighted by atomic mass is 10.0. The van der Waals surface area contributed by atoms with Crippen molar-refractivity contribution in [2.45, 2.75) is 44.6 Å². The Kier molecular flexibility index (Phi) is 9.79. The van der Waals surface area contributed by atoms with Gasteiger partial charge in [-0.25, -0.2) is 0 Å². The van der Waals surface area contributed by atoms with Gasteiger partial charge in [-0.3, -0.25) is 19.7 Å². The van der Waals surface area contributed by atoms with Crippen LogP contribution >= 0.6 is 15.9 Å². The molecule has 218 valence electrons. The molecule has 0 radical (unpaired) electrons. The number of anilines is 2. The SMILES string of the molecule is CNC(C)C(=O)NC1CN(C(O)CCC[N+](=O)[O-])c2ccccc2N(Cc2c(OC)ccc3cc(Br)ccc23)C1=O. The summed E-state index contributed by atoms with van der Waals surface area (Å²) in [5.41, 5.74) is 1.91. The van der Waals surface area contributed by atoms with E-state index in [1.807, 2.05) is 30.3 Å². The van der Waals surface area contributed by atoms with Gasteiger partial charge >= 0.3 is 0 Å². The average Bonchev–Trinajstić information content (AvgIpc) is 3.07. The number of para-hydroxylation sites is 2. The molecule has 11 nitrogen and oxygen atoms in total. The van der Waals surface area contributed by atoms with Gasteiger partial charge in [0.05, 0.1) is 31.1 Å². The number of amides is 2. The molecule has 3 atom stereocenters. The molecule has 0 saturated heterocycles. The van der Waals surface area contributed by atoms with E-state index >= 15 is 0 Å². The quantitative estimate of drug-likeness (QED) is 0.217. The minimum Gasteiger partial charge on any atom is -0.496 e. The number of hydrogen-bond acceptors (Lipinski definition) is 8. The van der Waals surface area contributed by atoms with E-state index in [4.69, 9.17) is 4.74 Å². The summed E-state index contributed by atoms with van der Waals surface area (Å²) >= 11 is 3.52. The molecule has 1 aliphatic rings. The van der Waals surface area contributed by atoms with Crippen molar-refractivity contribution in [3.63, 3.8) is 0 Å². The Hall–Kier alpha value is -3.74. The van der Waals surface area contributed by atoms with Crippen LogP contribution in [-0.4, -0.2) is 67.4 Å². The van der Waals surface area contributed by atoms with E-state index in [-0.39, 0.29) is 44.3 Å². The fraction of sp³-hybridized carbons (Fsp3) is 0.379. The van der Waals surface area contributed by atoms with Crippen LogP contribution in [0.2, 0.25) is 0 Å². The molecule has 0 saturated carbocycles. The summed E-state index contributed by atoms with van der Waals surface area (Å²) in [6, 6.07) is 15.3. The number of carbonyl (C=O) groups excluding carboxylic acids is 2. The fourth-order valence-electron chi connectivity index (χ4n) is 5.01. The van der Waals surface area contributed by atoms with Crippen LogP contribution in [-0.2, 0) is 16.1 Å². The molecular weight excluding hydrogens is 594 g/mol. The van der Waals surface area contributed by atoms with E-state index in [0.717, 1.165) is 20.8 Å².